The summed E-state index contributed by atoms with van der Waals surface area (Å²) in [7, 11) is 3.39. The summed E-state index contributed by atoms with van der Waals surface area (Å²) in [6, 6.07) is 18.8. The number of hydrogen-bond acceptors (Lipinski definition) is 3. The topological polar surface area (TPSA) is 30.5 Å². The number of methoxy groups -OCH3 is 2. The molecular weight excluding hydrogens is 342 g/mol. The van der Waals surface area contributed by atoms with Crippen molar-refractivity contribution in [1.29, 1.82) is 0 Å². The molecule has 0 heterocycles. The van der Waals surface area contributed by atoms with Crippen molar-refractivity contribution in [3.05, 3.63) is 60.2 Å². The first kappa shape index (κ1) is 18.2. The van der Waals surface area contributed by atoms with Gasteiger partial charge in [0, 0.05) is 6.54 Å². The van der Waals surface area contributed by atoms with E-state index in [2.05, 4.69) is 41.7 Å². The van der Waals surface area contributed by atoms with Crippen LogP contribution in [0.15, 0.2) is 54.6 Å². The van der Waals surface area contributed by atoms with Crippen molar-refractivity contribution in [2.75, 3.05) is 20.8 Å². The van der Waals surface area contributed by atoms with Gasteiger partial charge in [0.1, 0.15) is 11.5 Å². The van der Waals surface area contributed by atoms with Gasteiger partial charge >= 0.3 is 0 Å². The third-order valence-electron chi connectivity index (χ3n) is 4.42. The SMILES string of the molecule is COc1cccc(-c2cc(CCNC(C)=S)c3cc(OC)ccc3c2)c1. The first-order chi connectivity index (χ1) is 12.6. The molecule has 0 fully saturated rings. The Morgan fingerprint density at radius 2 is 1.69 bits per heavy atom. The van der Waals surface area contributed by atoms with E-state index in [1.54, 1.807) is 14.2 Å². The maximum absolute atomic E-state index is 5.41. The molecule has 3 rings (SSSR count). The monoisotopic (exact) mass is 365 g/mol. The van der Waals surface area contributed by atoms with Crippen molar-refractivity contribution in [2.45, 2.75) is 13.3 Å². The molecule has 3 nitrogen and oxygen atoms in total. The van der Waals surface area contributed by atoms with Crippen LogP contribution in [0.3, 0.4) is 0 Å². The van der Waals surface area contributed by atoms with Crippen LogP contribution in [0, 0.1) is 0 Å². The largest absolute Gasteiger partial charge is 0.497 e. The van der Waals surface area contributed by atoms with Crippen LogP contribution in [0.4, 0.5) is 0 Å². The highest BCUT2D eigenvalue weighted by atomic mass is 32.1. The standard InChI is InChI=1S/C22H23NO2S/c1-15(26)23-10-9-18-12-19(16-5-4-6-20(13-16)24-2)11-17-7-8-21(25-3)14-22(17)18/h4-8,11-14H,9-10H2,1-3H3,(H,23,26). The van der Waals surface area contributed by atoms with Crippen molar-refractivity contribution in [3.8, 4) is 22.6 Å². The third kappa shape index (κ3) is 4.14. The highest BCUT2D eigenvalue weighted by molar-refractivity contribution is 7.80. The van der Waals surface area contributed by atoms with Crippen LogP contribution in [0.2, 0.25) is 0 Å². The normalized spacial score (nSPS) is 10.6. The molecule has 0 unspecified atom stereocenters. The van der Waals surface area contributed by atoms with E-state index >= 15 is 0 Å². The van der Waals surface area contributed by atoms with Crippen LogP contribution in [0.5, 0.6) is 11.5 Å². The Kier molecular flexibility index (Phi) is 5.74. The summed E-state index contributed by atoms with van der Waals surface area (Å²) in [6.07, 6.45) is 0.884. The molecule has 4 heteroatoms. The first-order valence-electron chi connectivity index (χ1n) is 8.60. The zero-order valence-corrected chi connectivity index (χ0v) is 16.2. The van der Waals surface area contributed by atoms with Gasteiger partial charge in [-0.1, -0.05) is 36.5 Å². The lowest BCUT2D eigenvalue weighted by atomic mass is 9.95. The molecule has 134 valence electrons. The zero-order chi connectivity index (χ0) is 18.5. The molecule has 0 saturated carbocycles. The summed E-state index contributed by atoms with van der Waals surface area (Å²) in [5.41, 5.74) is 3.58. The predicted octanol–water partition coefficient (Wildman–Crippen LogP) is 5.00. The van der Waals surface area contributed by atoms with Crippen LogP contribution < -0.4 is 14.8 Å². The van der Waals surface area contributed by atoms with Crippen LogP contribution in [-0.4, -0.2) is 25.8 Å². The minimum Gasteiger partial charge on any atom is -0.497 e. The van der Waals surface area contributed by atoms with E-state index in [4.69, 9.17) is 21.7 Å². The van der Waals surface area contributed by atoms with Gasteiger partial charge < -0.3 is 14.8 Å². The van der Waals surface area contributed by atoms with Gasteiger partial charge in [-0.3, -0.25) is 0 Å². The number of ether oxygens (including phenoxy) is 2. The summed E-state index contributed by atoms with van der Waals surface area (Å²) in [5, 5.41) is 5.65. The Morgan fingerprint density at radius 1 is 0.923 bits per heavy atom. The maximum atomic E-state index is 5.41. The lowest BCUT2D eigenvalue weighted by molar-refractivity contribution is 0.415. The van der Waals surface area contributed by atoms with Gasteiger partial charge in [-0.05, 0) is 71.1 Å². The second-order valence-corrected chi connectivity index (χ2v) is 6.80. The van der Waals surface area contributed by atoms with Gasteiger partial charge in [-0.15, -0.1) is 0 Å². The van der Waals surface area contributed by atoms with E-state index in [9.17, 15) is 0 Å². The average molecular weight is 365 g/mol. The molecule has 1 N–H and O–H groups in total. The molecule has 0 aliphatic heterocycles. The minimum absolute atomic E-state index is 0.809. The molecule has 0 bridgehead atoms. The van der Waals surface area contributed by atoms with E-state index in [-0.39, 0.29) is 0 Å². The van der Waals surface area contributed by atoms with E-state index in [0.717, 1.165) is 35.0 Å². The van der Waals surface area contributed by atoms with Gasteiger partial charge in [0.15, 0.2) is 0 Å². The smallest absolute Gasteiger partial charge is 0.119 e. The molecular formula is C22H23NO2S. The second-order valence-electron chi connectivity index (χ2n) is 6.19. The molecule has 26 heavy (non-hydrogen) atoms. The lowest BCUT2D eigenvalue weighted by Crippen LogP contribution is -2.20. The Bertz CT molecular complexity index is 937. The highest BCUT2D eigenvalue weighted by Crippen LogP contribution is 2.32. The van der Waals surface area contributed by atoms with E-state index in [0.29, 0.717) is 0 Å². The summed E-state index contributed by atoms with van der Waals surface area (Å²) >= 11 is 5.13. The van der Waals surface area contributed by atoms with Gasteiger partial charge in [0.05, 0.1) is 19.2 Å². The second kappa shape index (κ2) is 8.19. The number of nitrogens with one attached hydrogen (secondary N) is 1. The Labute approximate surface area is 159 Å². The van der Waals surface area contributed by atoms with Crippen molar-refractivity contribution >= 4 is 28.0 Å². The predicted molar refractivity (Wildman–Crippen MR) is 112 cm³/mol. The summed E-state index contributed by atoms with van der Waals surface area (Å²) in [5.74, 6) is 1.73. The quantitative estimate of drug-likeness (QED) is 0.623. The van der Waals surface area contributed by atoms with Crippen molar-refractivity contribution < 1.29 is 9.47 Å². The summed E-state index contributed by atoms with van der Waals surface area (Å²) < 4.78 is 10.8. The number of fused-ring (bicyclic) bond motifs is 1. The molecule has 0 aliphatic rings. The molecule has 3 aromatic carbocycles. The van der Waals surface area contributed by atoms with Crippen molar-refractivity contribution in [3.63, 3.8) is 0 Å². The average Bonchev–Trinajstić information content (AvgIpc) is 2.67. The molecule has 0 saturated heterocycles. The summed E-state index contributed by atoms with van der Waals surface area (Å²) in [4.78, 5) is 0.816. The minimum atomic E-state index is 0.809. The number of thiocarbonyl (C=S) groups is 1. The Hall–Kier alpha value is -2.59. The highest BCUT2D eigenvalue weighted by Gasteiger charge is 2.08. The molecule has 0 atom stereocenters. The molecule has 0 spiro atoms. The van der Waals surface area contributed by atoms with Crippen molar-refractivity contribution in [2.24, 2.45) is 0 Å². The van der Waals surface area contributed by atoms with Crippen LogP contribution in [-0.2, 0) is 6.42 Å². The number of hydrogen-bond donors (Lipinski definition) is 1. The van der Waals surface area contributed by atoms with E-state index in [1.165, 1.54) is 21.9 Å². The van der Waals surface area contributed by atoms with Gasteiger partial charge in [0.2, 0.25) is 0 Å². The third-order valence-corrected chi connectivity index (χ3v) is 4.56. The summed E-state index contributed by atoms with van der Waals surface area (Å²) in [6.45, 7) is 2.71. The number of rotatable bonds is 6. The van der Waals surface area contributed by atoms with Crippen LogP contribution >= 0.6 is 12.2 Å². The Balaban J connectivity index is 2.08. The van der Waals surface area contributed by atoms with Crippen molar-refractivity contribution in [1.82, 2.24) is 5.32 Å². The maximum Gasteiger partial charge on any atom is 0.119 e. The Morgan fingerprint density at radius 3 is 2.42 bits per heavy atom. The van der Waals surface area contributed by atoms with Gasteiger partial charge in [-0.2, -0.15) is 0 Å². The van der Waals surface area contributed by atoms with E-state index < -0.39 is 0 Å². The fourth-order valence-corrected chi connectivity index (χ4v) is 3.19. The fourth-order valence-electron chi connectivity index (χ4n) is 3.09. The lowest BCUT2D eigenvalue weighted by Gasteiger charge is -2.13. The van der Waals surface area contributed by atoms with Crippen LogP contribution in [0.1, 0.15) is 12.5 Å². The number of benzene rings is 3. The fraction of sp³-hybridized carbons (Fsp3) is 0.227. The van der Waals surface area contributed by atoms with Gasteiger partial charge in [0.25, 0.3) is 0 Å². The van der Waals surface area contributed by atoms with E-state index in [1.807, 2.05) is 25.1 Å². The molecule has 0 radical (unpaired) electrons. The van der Waals surface area contributed by atoms with Gasteiger partial charge in [-0.25, -0.2) is 0 Å². The van der Waals surface area contributed by atoms with Crippen LogP contribution in [0.25, 0.3) is 21.9 Å². The molecule has 0 amide bonds. The molecule has 3 aromatic rings. The molecule has 0 aliphatic carbocycles. The molecule has 0 aromatic heterocycles. The first-order valence-corrected chi connectivity index (χ1v) is 9.01. The zero-order valence-electron chi connectivity index (χ0n) is 15.3.